The molecule has 0 heterocycles. The van der Waals surface area contributed by atoms with E-state index in [-0.39, 0.29) is 32.2 Å². The molecule has 0 aliphatic heterocycles. The SMILES string of the molecule is CS(=O)(=O)N[C@@H](CCCCN)C(=O)NCC(CC1(C(=O)NC2(C(=O)O)Cc3ccccc3C2)CCCC1)C(=O)O. The fourth-order valence-corrected chi connectivity index (χ4v) is 6.64. The number of sulfonamides is 1. The Bertz CT molecular complexity index is 1190. The normalized spacial score (nSPS) is 18.9. The summed E-state index contributed by atoms with van der Waals surface area (Å²) in [5, 5.41) is 25.5. The fraction of sp³-hybridized carbons (Fsp3) is 0.630. The Morgan fingerprint density at radius 2 is 1.62 bits per heavy atom. The van der Waals surface area contributed by atoms with E-state index in [0.29, 0.717) is 45.1 Å². The molecule has 222 valence electrons. The third-order valence-corrected chi connectivity index (χ3v) is 8.75. The van der Waals surface area contributed by atoms with Crippen LogP contribution < -0.4 is 21.1 Å². The van der Waals surface area contributed by atoms with Gasteiger partial charge in [-0.1, -0.05) is 43.5 Å². The number of rotatable bonds is 15. The van der Waals surface area contributed by atoms with Crippen molar-refractivity contribution < 1.29 is 37.8 Å². The third-order valence-electron chi connectivity index (χ3n) is 8.04. The number of aliphatic carboxylic acids is 2. The Morgan fingerprint density at radius 1 is 1.02 bits per heavy atom. The molecule has 2 amide bonds. The zero-order chi connectivity index (χ0) is 29.6. The molecule has 0 bridgehead atoms. The summed E-state index contributed by atoms with van der Waals surface area (Å²) in [6.45, 7) is 0.0746. The molecule has 7 N–H and O–H groups in total. The Balaban J connectivity index is 1.73. The summed E-state index contributed by atoms with van der Waals surface area (Å²) >= 11 is 0. The molecule has 0 saturated heterocycles. The highest BCUT2D eigenvalue weighted by atomic mass is 32.2. The Hall–Kier alpha value is -3.03. The summed E-state index contributed by atoms with van der Waals surface area (Å²) < 4.78 is 25.8. The number of nitrogens with one attached hydrogen (secondary N) is 3. The van der Waals surface area contributed by atoms with Crippen LogP contribution in [0.1, 0.15) is 62.5 Å². The first kappa shape index (κ1) is 31.5. The molecule has 1 aromatic rings. The van der Waals surface area contributed by atoms with E-state index in [1.54, 1.807) is 0 Å². The van der Waals surface area contributed by atoms with Gasteiger partial charge in [0.1, 0.15) is 11.6 Å². The number of carboxylic acid groups (broad SMARTS) is 2. The zero-order valence-corrected chi connectivity index (χ0v) is 23.6. The lowest BCUT2D eigenvalue weighted by molar-refractivity contribution is -0.151. The minimum Gasteiger partial charge on any atom is -0.481 e. The topological polar surface area (TPSA) is 205 Å². The summed E-state index contributed by atoms with van der Waals surface area (Å²) in [7, 11) is -3.70. The van der Waals surface area contributed by atoms with Crippen LogP contribution in [0.25, 0.3) is 0 Å². The molecule has 1 unspecified atom stereocenters. The molecule has 0 spiro atoms. The quantitative estimate of drug-likeness (QED) is 0.160. The Morgan fingerprint density at radius 3 is 2.12 bits per heavy atom. The summed E-state index contributed by atoms with van der Waals surface area (Å²) in [5.41, 5.74) is 4.57. The van der Waals surface area contributed by atoms with Crippen molar-refractivity contribution in [3.05, 3.63) is 35.4 Å². The lowest BCUT2D eigenvalue weighted by atomic mass is 9.75. The van der Waals surface area contributed by atoms with Gasteiger partial charge in [-0.3, -0.25) is 14.4 Å². The largest absolute Gasteiger partial charge is 0.481 e. The molecule has 2 aliphatic carbocycles. The molecule has 13 heteroatoms. The number of carboxylic acids is 2. The molecular weight excluding hydrogens is 540 g/mol. The van der Waals surface area contributed by atoms with E-state index in [1.165, 1.54) is 0 Å². The number of fused-ring (bicyclic) bond motifs is 1. The first-order chi connectivity index (χ1) is 18.8. The van der Waals surface area contributed by atoms with Gasteiger partial charge in [-0.25, -0.2) is 17.9 Å². The van der Waals surface area contributed by atoms with Gasteiger partial charge in [-0.15, -0.1) is 0 Å². The predicted molar refractivity (Wildman–Crippen MR) is 147 cm³/mol. The minimum atomic E-state index is -3.70. The van der Waals surface area contributed by atoms with E-state index < -0.39 is 56.7 Å². The van der Waals surface area contributed by atoms with Crippen molar-refractivity contribution in [1.29, 1.82) is 0 Å². The van der Waals surface area contributed by atoms with Crippen molar-refractivity contribution in [1.82, 2.24) is 15.4 Å². The second-order valence-corrected chi connectivity index (χ2v) is 12.9. The van der Waals surface area contributed by atoms with Gasteiger partial charge in [0.15, 0.2) is 0 Å². The number of unbranched alkanes of at least 4 members (excludes halogenated alkanes) is 1. The molecule has 2 aliphatic rings. The Labute approximate surface area is 234 Å². The molecule has 1 fully saturated rings. The van der Waals surface area contributed by atoms with E-state index in [4.69, 9.17) is 5.73 Å². The lowest BCUT2D eigenvalue weighted by Gasteiger charge is -2.35. The molecule has 2 atom stereocenters. The van der Waals surface area contributed by atoms with E-state index in [1.807, 2.05) is 24.3 Å². The number of nitrogens with two attached hydrogens (primary N) is 1. The summed E-state index contributed by atoms with van der Waals surface area (Å²) in [6.07, 6.45) is 4.58. The lowest BCUT2D eigenvalue weighted by Crippen LogP contribution is -2.59. The number of hydrogen-bond donors (Lipinski definition) is 6. The molecule has 1 saturated carbocycles. The van der Waals surface area contributed by atoms with Crippen molar-refractivity contribution in [2.45, 2.75) is 75.8 Å². The monoisotopic (exact) mass is 580 g/mol. The summed E-state index contributed by atoms with van der Waals surface area (Å²) in [6, 6.07) is 6.22. The molecular formula is C27H40N4O8S. The Kier molecular flexibility index (Phi) is 10.3. The van der Waals surface area contributed by atoms with Crippen molar-refractivity contribution >= 4 is 33.8 Å². The number of amides is 2. The van der Waals surface area contributed by atoms with Gasteiger partial charge in [-0.2, -0.15) is 0 Å². The zero-order valence-electron chi connectivity index (χ0n) is 22.8. The average molecular weight is 581 g/mol. The number of carbonyl (C=O) groups excluding carboxylic acids is 2. The second-order valence-electron chi connectivity index (χ2n) is 11.2. The summed E-state index contributed by atoms with van der Waals surface area (Å²) in [4.78, 5) is 51.2. The number of hydrogen-bond acceptors (Lipinski definition) is 7. The number of carbonyl (C=O) groups is 4. The second kappa shape index (κ2) is 13.1. The predicted octanol–water partition coefficient (Wildman–Crippen LogP) is 0.539. The highest BCUT2D eigenvalue weighted by molar-refractivity contribution is 7.88. The maximum absolute atomic E-state index is 13.8. The minimum absolute atomic E-state index is 0.0888. The van der Waals surface area contributed by atoms with Crippen LogP contribution in [0, 0.1) is 11.3 Å². The van der Waals surface area contributed by atoms with Crippen molar-refractivity contribution in [2.24, 2.45) is 17.1 Å². The highest BCUT2D eigenvalue weighted by Gasteiger charge is 2.51. The molecule has 0 aromatic heterocycles. The van der Waals surface area contributed by atoms with Gasteiger partial charge in [0.05, 0.1) is 17.6 Å². The van der Waals surface area contributed by atoms with Crippen LogP contribution >= 0.6 is 0 Å². The van der Waals surface area contributed by atoms with Crippen LogP contribution in [-0.2, 0) is 42.0 Å². The van der Waals surface area contributed by atoms with Crippen molar-refractivity contribution in [3.8, 4) is 0 Å². The maximum Gasteiger partial charge on any atom is 0.330 e. The van der Waals surface area contributed by atoms with Crippen LogP contribution in [-0.4, -0.2) is 73.3 Å². The van der Waals surface area contributed by atoms with Crippen molar-refractivity contribution in [3.63, 3.8) is 0 Å². The van der Waals surface area contributed by atoms with E-state index in [0.717, 1.165) is 17.4 Å². The molecule has 40 heavy (non-hydrogen) atoms. The smallest absolute Gasteiger partial charge is 0.330 e. The number of benzene rings is 1. The van der Waals surface area contributed by atoms with Crippen LogP contribution in [0.15, 0.2) is 24.3 Å². The molecule has 1 aromatic carbocycles. The average Bonchev–Trinajstić information content (AvgIpc) is 3.51. The first-order valence-corrected chi connectivity index (χ1v) is 15.5. The van der Waals surface area contributed by atoms with Gasteiger partial charge in [-0.05, 0) is 49.8 Å². The van der Waals surface area contributed by atoms with Crippen molar-refractivity contribution in [2.75, 3.05) is 19.3 Å². The van der Waals surface area contributed by atoms with Gasteiger partial charge in [0, 0.05) is 19.4 Å². The highest BCUT2D eigenvalue weighted by Crippen LogP contribution is 2.44. The van der Waals surface area contributed by atoms with Gasteiger partial charge < -0.3 is 26.6 Å². The van der Waals surface area contributed by atoms with E-state index in [2.05, 4.69) is 15.4 Å². The fourth-order valence-electron chi connectivity index (χ4n) is 5.89. The first-order valence-electron chi connectivity index (χ1n) is 13.6. The van der Waals surface area contributed by atoms with Crippen LogP contribution in [0.5, 0.6) is 0 Å². The van der Waals surface area contributed by atoms with Crippen LogP contribution in [0.4, 0.5) is 0 Å². The van der Waals surface area contributed by atoms with Gasteiger partial charge in [0.2, 0.25) is 21.8 Å². The van der Waals surface area contributed by atoms with E-state index in [9.17, 15) is 37.8 Å². The molecule has 3 rings (SSSR count). The summed E-state index contributed by atoms with van der Waals surface area (Å²) in [5.74, 6) is -4.65. The maximum atomic E-state index is 13.8. The van der Waals surface area contributed by atoms with Crippen LogP contribution in [0.2, 0.25) is 0 Å². The van der Waals surface area contributed by atoms with Gasteiger partial charge in [0.25, 0.3) is 0 Å². The van der Waals surface area contributed by atoms with Gasteiger partial charge >= 0.3 is 11.9 Å². The standard InChI is InChI=1S/C27H40N4O8S/c1-40(38,39)31-21(10-4-7-13-28)22(32)29-17-20(23(33)34)14-26(11-5-6-12-26)24(35)30-27(25(36)37)15-18-8-2-3-9-19(18)16-27/h2-3,8-9,20-21,31H,4-7,10-17,28H2,1H3,(H,29,32)(H,30,35)(H,33,34)(H,36,37)/t20?,21-/m0/s1. The molecule has 0 radical (unpaired) electrons. The molecule has 12 nitrogen and oxygen atoms in total. The van der Waals surface area contributed by atoms with E-state index >= 15 is 0 Å². The van der Waals surface area contributed by atoms with Crippen LogP contribution in [0.3, 0.4) is 0 Å². The third kappa shape index (κ3) is 7.79.